The molecule has 1 N–H and O–H groups in total. The van der Waals surface area contributed by atoms with Crippen LogP contribution in [0.15, 0.2) is 30.4 Å². The molecular formula is C19H29N. The number of rotatable bonds is 0. The van der Waals surface area contributed by atoms with Crippen molar-refractivity contribution in [3.05, 3.63) is 41.5 Å². The van der Waals surface area contributed by atoms with Gasteiger partial charge in [-0.2, -0.15) is 0 Å². The molecule has 1 aliphatic heterocycles. The normalized spacial score (nSPS) is 20.1. The van der Waals surface area contributed by atoms with Gasteiger partial charge in [0.2, 0.25) is 0 Å². The fourth-order valence-electron chi connectivity index (χ4n) is 2.72. The summed E-state index contributed by atoms with van der Waals surface area (Å²) in [5, 5.41) is 3.78. The topological polar surface area (TPSA) is 12.0 Å². The molecule has 0 bridgehead atoms. The summed E-state index contributed by atoms with van der Waals surface area (Å²) in [6.45, 7) is 18.0. The van der Waals surface area contributed by atoms with Gasteiger partial charge in [-0.1, -0.05) is 65.8 Å². The van der Waals surface area contributed by atoms with Crippen LogP contribution in [-0.2, 0) is 11.8 Å². The molecule has 0 saturated heterocycles. The smallest absolute Gasteiger partial charge is 0.0381 e. The summed E-state index contributed by atoms with van der Waals surface area (Å²) in [6, 6.07) is 7.34. The Balaban J connectivity index is 2.43. The predicted molar refractivity (Wildman–Crippen MR) is 89.5 cm³/mol. The maximum atomic E-state index is 4.27. The summed E-state index contributed by atoms with van der Waals surface area (Å²) in [7, 11) is 0. The third-order valence-corrected chi connectivity index (χ3v) is 4.28. The number of hydrogen-bond donors (Lipinski definition) is 1. The minimum absolute atomic E-state index is 0.192. The van der Waals surface area contributed by atoms with Gasteiger partial charge >= 0.3 is 0 Å². The van der Waals surface area contributed by atoms with E-state index in [1.807, 2.05) is 0 Å². The molecular weight excluding hydrogens is 242 g/mol. The molecule has 0 aliphatic carbocycles. The molecule has 1 aromatic carbocycles. The summed E-state index contributed by atoms with van der Waals surface area (Å²) in [5.41, 5.74) is 5.84. The van der Waals surface area contributed by atoms with Gasteiger partial charge in [-0.05, 0) is 40.9 Å². The van der Waals surface area contributed by atoms with Gasteiger partial charge in [0.05, 0.1) is 0 Å². The van der Waals surface area contributed by atoms with Gasteiger partial charge in [0.15, 0.2) is 0 Å². The van der Waals surface area contributed by atoms with Crippen molar-refractivity contribution in [3.8, 4) is 0 Å². The van der Waals surface area contributed by atoms with E-state index in [0.29, 0.717) is 6.04 Å². The van der Waals surface area contributed by atoms with E-state index in [4.69, 9.17) is 0 Å². The Morgan fingerprint density at radius 1 is 1.10 bits per heavy atom. The van der Waals surface area contributed by atoms with E-state index in [2.05, 4.69) is 71.6 Å². The highest BCUT2D eigenvalue weighted by atomic mass is 14.9. The summed E-state index contributed by atoms with van der Waals surface area (Å²) in [6.07, 6.45) is 2.06. The van der Waals surface area contributed by atoms with Crippen molar-refractivity contribution in [1.82, 2.24) is 0 Å². The minimum atomic E-state index is 0.192. The van der Waals surface area contributed by atoms with Gasteiger partial charge in [-0.3, -0.25) is 0 Å². The van der Waals surface area contributed by atoms with Crippen molar-refractivity contribution in [2.75, 3.05) is 5.32 Å². The molecule has 1 unspecified atom stereocenters. The van der Waals surface area contributed by atoms with Gasteiger partial charge in [-0.25, -0.2) is 0 Å². The third kappa shape index (κ3) is 3.26. The largest absolute Gasteiger partial charge is 0.381 e. The predicted octanol–water partition coefficient (Wildman–Crippen LogP) is 5.31. The Labute approximate surface area is 124 Å². The molecule has 0 spiro atoms. The SMILES string of the molecule is C=C1Cc2ccc(C(C)(C)C)cc2NC(C(C)(C)C)C1. The average Bonchev–Trinajstić information content (AvgIpc) is 2.43. The molecule has 1 aromatic rings. The maximum Gasteiger partial charge on any atom is 0.0381 e. The van der Waals surface area contributed by atoms with Gasteiger partial charge in [0.1, 0.15) is 0 Å². The highest BCUT2D eigenvalue weighted by molar-refractivity contribution is 5.57. The summed E-state index contributed by atoms with van der Waals surface area (Å²) >= 11 is 0. The molecule has 0 aromatic heterocycles. The number of anilines is 1. The van der Waals surface area contributed by atoms with Crippen molar-refractivity contribution in [3.63, 3.8) is 0 Å². The zero-order chi connectivity index (χ0) is 15.1. The Morgan fingerprint density at radius 3 is 2.30 bits per heavy atom. The first-order valence-corrected chi connectivity index (χ1v) is 7.64. The van der Waals surface area contributed by atoms with Crippen LogP contribution >= 0.6 is 0 Å². The van der Waals surface area contributed by atoms with Crippen molar-refractivity contribution in [1.29, 1.82) is 0 Å². The highest BCUT2D eigenvalue weighted by Gasteiger charge is 2.28. The van der Waals surface area contributed by atoms with Crippen LogP contribution in [0.25, 0.3) is 0 Å². The second kappa shape index (κ2) is 4.95. The van der Waals surface area contributed by atoms with Gasteiger partial charge < -0.3 is 5.32 Å². The number of hydrogen-bond acceptors (Lipinski definition) is 1. The number of nitrogens with one attached hydrogen (secondary N) is 1. The fraction of sp³-hybridized carbons (Fsp3) is 0.579. The Bertz CT molecular complexity index is 512. The quantitative estimate of drug-likeness (QED) is 0.630. The Morgan fingerprint density at radius 2 is 1.75 bits per heavy atom. The van der Waals surface area contributed by atoms with Crippen LogP contribution in [0.3, 0.4) is 0 Å². The molecule has 2 rings (SSSR count). The standard InChI is InChI=1S/C19H29N/c1-13-10-14-8-9-15(18(2,3)4)12-16(14)20-17(11-13)19(5,6)7/h8-9,12,17,20H,1,10-11H2,2-7H3. The molecule has 1 heterocycles. The van der Waals surface area contributed by atoms with E-state index in [0.717, 1.165) is 12.8 Å². The molecule has 0 fully saturated rings. The lowest BCUT2D eigenvalue weighted by Crippen LogP contribution is -2.33. The van der Waals surface area contributed by atoms with Crippen LogP contribution in [0.1, 0.15) is 59.1 Å². The Hall–Kier alpha value is -1.24. The second-order valence-electron chi connectivity index (χ2n) is 8.32. The molecule has 20 heavy (non-hydrogen) atoms. The van der Waals surface area contributed by atoms with Crippen molar-refractivity contribution in [2.45, 2.75) is 65.8 Å². The maximum absolute atomic E-state index is 4.27. The minimum Gasteiger partial charge on any atom is -0.381 e. The van der Waals surface area contributed by atoms with Crippen LogP contribution in [-0.4, -0.2) is 6.04 Å². The first-order chi connectivity index (χ1) is 9.07. The monoisotopic (exact) mass is 271 g/mol. The van der Waals surface area contributed by atoms with E-state index in [1.54, 1.807) is 0 Å². The lowest BCUT2D eigenvalue weighted by molar-refractivity contribution is 0.339. The van der Waals surface area contributed by atoms with Gasteiger partial charge in [0, 0.05) is 11.7 Å². The van der Waals surface area contributed by atoms with Crippen LogP contribution in [0.4, 0.5) is 5.69 Å². The molecule has 1 aliphatic rings. The molecule has 1 atom stereocenters. The average molecular weight is 271 g/mol. The molecule has 0 amide bonds. The first kappa shape index (κ1) is 15.2. The first-order valence-electron chi connectivity index (χ1n) is 7.64. The highest BCUT2D eigenvalue weighted by Crippen LogP contribution is 2.36. The molecule has 1 heteroatoms. The Kier molecular flexibility index (Phi) is 3.75. The van der Waals surface area contributed by atoms with Gasteiger partial charge in [0.25, 0.3) is 0 Å². The number of benzene rings is 1. The van der Waals surface area contributed by atoms with Crippen molar-refractivity contribution in [2.24, 2.45) is 5.41 Å². The van der Waals surface area contributed by atoms with Crippen molar-refractivity contribution >= 4 is 5.69 Å². The molecule has 110 valence electrons. The van der Waals surface area contributed by atoms with Crippen LogP contribution < -0.4 is 5.32 Å². The summed E-state index contributed by atoms with van der Waals surface area (Å²) in [5.74, 6) is 0. The van der Waals surface area contributed by atoms with E-state index in [-0.39, 0.29) is 10.8 Å². The van der Waals surface area contributed by atoms with E-state index < -0.39 is 0 Å². The number of fused-ring (bicyclic) bond motifs is 1. The lowest BCUT2D eigenvalue weighted by Gasteiger charge is -2.32. The summed E-state index contributed by atoms with van der Waals surface area (Å²) in [4.78, 5) is 0. The second-order valence-corrected chi connectivity index (χ2v) is 8.32. The van der Waals surface area contributed by atoms with Gasteiger partial charge in [-0.15, -0.1) is 0 Å². The third-order valence-electron chi connectivity index (χ3n) is 4.28. The molecule has 0 saturated carbocycles. The molecule has 0 radical (unpaired) electrons. The van der Waals surface area contributed by atoms with Crippen LogP contribution in [0, 0.1) is 5.41 Å². The zero-order valence-electron chi connectivity index (χ0n) is 13.9. The zero-order valence-corrected chi connectivity index (χ0v) is 13.9. The van der Waals surface area contributed by atoms with Crippen LogP contribution in [0.5, 0.6) is 0 Å². The van der Waals surface area contributed by atoms with E-state index in [1.165, 1.54) is 22.4 Å². The van der Waals surface area contributed by atoms with E-state index in [9.17, 15) is 0 Å². The summed E-state index contributed by atoms with van der Waals surface area (Å²) < 4.78 is 0. The molecule has 1 nitrogen and oxygen atoms in total. The van der Waals surface area contributed by atoms with Crippen LogP contribution in [0.2, 0.25) is 0 Å². The lowest BCUT2D eigenvalue weighted by atomic mass is 9.83. The van der Waals surface area contributed by atoms with Crippen molar-refractivity contribution < 1.29 is 0 Å². The van der Waals surface area contributed by atoms with E-state index >= 15 is 0 Å². The fourth-order valence-corrected chi connectivity index (χ4v) is 2.72.